The minimum atomic E-state index is -0.529. The Kier molecular flexibility index (Phi) is 8.12. The average Bonchev–Trinajstić information content (AvgIpc) is 3.47. The number of rotatable bonds is 6. The third-order valence-electron chi connectivity index (χ3n) is 5.70. The van der Waals surface area contributed by atoms with E-state index in [1.54, 1.807) is 11.3 Å². The van der Waals surface area contributed by atoms with Crippen molar-refractivity contribution < 1.29 is 13.9 Å². The fourth-order valence-corrected chi connectivity index (χ4v) is 4.86. The van der Waals surface area contributed by atoms with Gasteiger partial charge in [0, 0.05) is 67.2 Å². The topological polar surface area (TPSA) is 70.9 Å². The van der Waals surface area contributed by atoms with E-state index < -0.39 is 11.7 Å². The van der Waals surface area contributed by atoms with Gasteiger partial charge in [-0.2, -0.15) is 0 Å². The highest BCUT2D eigenvalue weighted by Crippen LogP contribution is 2.30. The van der Waals surface area contributed by atoms with Crippen LogP contribution in [0.4, 0.5) is 10.1 Å². The van der Waals surface area contributed by atoms with Gasteiger partial charge >= 0.3 is 0 Å². The van der Waals surface area contributed by atoms with E-state index >= 15 is 0 Å². The molecule has 9 heteroatoms. The molecule has 0 atom stereocenters. The Balaban J connectivity index is 0.00000141. The quantitative estimate of drug-likeness (QED) is 0.398. The summed E-state index contributed by atoms with van der Waals surface area (Å²) in [5, 5.41) is 8.43. The van der Waals surface area contributed by atoms with E-state index in [0.29, 0.717) is 11.4 Å². The number of hydrogen-bond acceptors (Lipinski definition) is 6. The highest BCUT2D eigenvalue weighted by Gasteiger charge is 2.17. The Morgan fingerprint density at radius 2 is 1.97 bits per heavy atom. The first-order valence-electron chi connectivity index (χ1n) is 11.7. The number of para-hydroxylation sites is 1. The molecule has 2 aromatic heterocycles. The van der Waals surface area contributed by atoms with Gasteiger partial charge in [-0.15, -0.1) is 11.3 Å². The number of piperazine rings is 1. The lowest BCUT2D eigenvalue weighted by molar-refractivity contribution is 0.102. The molecular formula is C26H30FN5O2S. The van der Waals surface area contributed by atoms with Gasteiger partial charge in [0.25, 0.3) is 5.91 Å². The summed E-state index contributed by atoms with van der Waals surface area (Å²) in [5.74, 6) is -0.653. The number of ether oxygens (including phenoxy) is 1. The lowest BCUT2D eigenvalue weighted by Crippen LogP contribution is -2.43. The average molecular weight is 496 g/mol. The second-order valence-electron chi connectivity index (χ2n) is 7.91. The lowest BCUT2D eigenvalue weighted by atomic mass is 10.1. The van der Waals surface area contributed by atoms with Gasteiger partial charge in [0.2, 0.25) is 0 Å². The third-order valence-corrected chi connectivity index (χ3v) is 6.59. The van der Waals surface area contributed by atoms with Crippen LogP contribution in [-0.4, -0.2) is 53.5 Å². The van der Waals surface area contributed by atoms with Gasteiger partial charge in [-0.1, -0.05) is 32.0 Å². The number of methoxy groups -OCH3 is 1. The molecule has 184 valence electrons. The standard InChI is InChI=1S/C24H24FN5O2S.C2H6/c1-32-19-11-16(10-17(25)12-19)23(31)27-21-5-3-2-4-20(21)22-14-30-18(15-33-24(30)28-22)13-29-8-6-26-7-9-29;1-2/h2-5,10-12,14-15,26H,6-9,13H2,1H3,(H,27,31);1-2H3. The maximum atomic E-state index is 13.9. The van der Waals surface area contributed by atoms with E-state index in [9.17, 15) is 9.18 Å². The zero-order chi connectivity index (χ0) is 24.8. The molecule has 2 aromatic carbocycles. The van der Waals surface area contributed by atoms with E-state index in [-0.39, 0.29) is 5.56 Å². The molecule has 1 amide bonds. The number of benzene rings is 2. The fourth-order valence-electron chi connectivity index (χ4n) is 3.99. The number of hydrogen-bond donors (Lipinski definition) is 2. The number of carbonyl (C=O) groups is 1. The maximum absolute atomic E-state index is 13.9. The first-order chi connectivity index (χ1) is 17.1. The van der Waals surface area contributed by atoms with Crippen LogP contribution in [0.1, 0.15) is 29.9 Å². The van der Waals surface area contributed by atoms with Gasteiger partial charge in [-0.3, -0.25) is 14.1 Å². The molecule has 1 aliphatic heterocycles. The van der Waals surface area contributed by atoms with Gasteiger partial charge in [-0.25, -0.2) is 9.37 Å². The number of carbonyl (C=O) groups excluding carboxylic acids is 1. The molecule has 4 aromatic rings. The molecule has 1 fully saturated rings. The molecule has 0 saturated carbocycles. The summed E-state index contributed by atoms with van der Waals surface area (Å²) in [6, 6.07) is 11.4. The Hall–Kier alpha value is -3.27. The number of thiazole rings is 1. The van der Waals surface area contributed by atoms with E-state index in [4.69, 9.17) is 9.72 Å². The maximum Gasteiger partial charge on any atom is 0.255 e. The number of aromatic nitrogens is 2. The molecule has 5 rings (SSSR count). The van der Waals surface area contributed by atoms with Crippen molar-refractivity contribution in [1.82, 2.24) is 19.6 Å². The second kappa shape index (κ2) is 11.4. The third kappa shape index (κ3) is 5.70. The van der Waals surface area contributed by atoms with Crippen molar-refractivity contribution in [3.05, 3.63) is 71.1 Å². The summed E-state index contributed by atoms with van der Waals surface area (Å²) in [6.45, 7) is 8.94. The highest BCUT2D eigenvalue weighted by atomic mass is 32.1. The van der Waals surface area contributed by atoms with Gasteiger partial charge in [-0.05, 0) is 18.2 Å². The van der Waals surface area contributed by atoms with E-state index in [0.717, 1.165) is 48.9 Å². The number of nitrogens with one attached hydrogen (secondary N) is 2. The van der Waals surface area contributed by atoms with Crippen LogP contribution in [0.15, 0.2) is 54.0 Å². The molecule has 7 nitrogen and oxygen atoms in total. The van der Waals surface area contributed by atoms with Crippen molar-refractivity contribution in [1.29, 1.82) is 0 Å². The van der Waals surface area contributed by atoms with Crippen molar-refractivity contribution in [3.63, 3.8) is 0 Å². The number of fused-ring (bicyclic) bond motifs is 1. The number of halogens is 1. The van der Waals surface area contributed by atoms with Crippen LogP contribution < -0.4 is 15.4 Å². The summed E-state index contributed by atoms with van der Waals surface area (Å²) in [6.07, 6.45) is 2.01. The molecule has 0 unspecified atom stereocenters. The Bertz CT molecular complexity index is 1300. The molecule has 1 aliphatic rings. The van der Waals surface area contributed by atoms with Crippen molar-refractivity contribution in [2.45, 2.75) is 20.4 Å². The van der Waals surface area contributed by atoms with Gasteiger partial charge < -0.3 is 15.4 Å². The van der Waals surface area contributed by atoms with Gasteiger partial charge in [0.15, 0.2) is 4.96 Å². The Morgan fingerprint density at radius 1 is 1.20 bits per heavy atom. The summed E-state index contributed by atoms with van der Waals surface area (Å²) in [7, 11) is 1.44. The Labute approximate surface area is 208 Å². The molecule has 2 N–H and O–H groups in total. The largest absolute Gasteiger partial charge is 0.497 e. The van der Waals surface area contributed by atoms with Crippen LogP contribution in [0.2, 0.25) is 0 Å². The van der Waals surface area contributed by atoms with Gasteiger partial charge in [0.1, 0.15) is 11.6 Å². The SMILES string of the molecule is CC.COc1cc(F)cc(C(=O)Nc2ccccc2-c2cn3c(CN4CCNCC4)csc3n2)c1. The smallest absolute Gasteiger partial charge is 0.255 e. The van der Waals surface area contributed by atoms with Crippen LogP contribution in [0.5, 0.6) is 5.75 Å². The van der Waals surface area contributed by atoms with Crippen LogP contribution >= 0.6 is 11.3 Å². The number of anilines is 1. The van der Waals surface area contributed by atoms with E-state index in [1.807, 2.05) is 44.3 Å². The van der Waals surface area contributed by atoms with Crippen LogP contribution in [0, 0.1) is 5.82 Å². The first kappa shape index (κ1) is 24.8. The van der Waals surface area contributed by atoms with Crippen molar-refractivity contribution in [3.8, 4) is 17.0 Å². The molecule has 0 aliphatic carbocycles. The number of nitrogens with zero attached hydrogens (tertiary/aromatic N) is 3. The van der Waals surface area contributed by atoms with E-state index in [1.165, 1.54) is 31.0 Å². The van der Waals surface area contributed by atoms with E-state index in [2.05, 4.69) is 25.3 Å². The summed E-state index contributed by atoms with van der Waals surface area (Å²) in [5.41, 5.74) is 3.57. The normalized spacial score (nSPS) is 13.8. The van der Waals surface area contributed by atoms with Crippen LogP contribution in [0.3, 0.4) is 0 Å². The zero-order valence-corrected chi connectivity index (χ0v) is 21.0. The second-order valence-corrected chi connectivity index (χ2v) is 8.75. The molecule has 0 bridgehead atoms. The summed E-state index contributed by atoms with van der Waals surface area (Å²) >= 11 is 1.61. The monoisotopic (exact) mass is 495 g/mol. The number of amides is 1. The lowest BCUT2D eigenvalue weighted by Gasteiger charge is -2.26. The minimum absolute atomic E-state index is 0.186. The first-order valence-corrected chi connectivity index (χ1v) is 12.6. The van der Waals surface area contributed by atoms with Crippen molar-refractivity contribution >= 4 is 27.9 Å². The Morgan fingerprint density at radius 3 is 2.74 bits per heavy atom. The van der Waals surface area contributed by atoms with Crippen LogP contribution in [0.25, 0.3) is 16.2 Å². The number of imidazole rings is 1. The molecule has 0 radical (unpaired) electrons. The molecule has 3 heterocycles. The predicted octanol–water partition coefficient (Wildman–Crippen LogP) is 4.89. The highest BCUT2D eigenvalue weighted by molar-refractivity contribution is 7.15. The van der Waals surface area contributed by atoms with Gasteiger partial charge in [0.05, 0.1) is 18.5 Å². The summed E-state index contributed by atoms with van der Waals surface area (Å²) < 4.78 is 21.1. The van der Waals surface area contributed by atoms with Crippen molar-refractivity contribution in [2.75, 3.05) is 38.6 Å². The molecule has 35 heavy (non-hydrogen) atoms. The fraction of sp³-hybridized carbons (Fsp3) is 0.308. The molecular weight excluding hydrogens is 465 g/mol. The summed E-state index contributed by atoms with van der Waals surface area (Å²) in [4.78, 5) is 21.0. The predicted molar refractivity (Wildman–Crippen MR) is 139 cm³/mol. The van der Waals surface area contributed by atoms with Crippen LogP contribution in [-0.2, 0) is 6.54 Å². The zero-order valence-electron chi connectivity index (χ0n) is 20.2. The minimum Gasteiger partial charge on any atom is -0.497 e. The van der Waals surface area contributed by atoms with Crippen molar-refractivity contribution in [2.24, 2.45) is 0 Å². The molecule has 0 spiro atoms. The molecule has 1 saturated heterocycles.